The second-order valence-electron chi connectivity index (χ2n) is 5.34. The van der Waals surface area contributed by atoms with E-state index in [0.717, 1.165) is 22.3 Å². The zero-order valence-corrected chi connectivity index (χ0v) is 15.7. The summed E-state index contributed by atoms with van der Waals surface area (Å²) in [4.78, 5) is 8.66. The Morgan fingerprint density at radius 2 is 1.76 bits per heavy atom. The van der Waals surface area contributed by atoms with E-state index in [2.05, 4.69) is 21.8 Å². The Morgan fingerprint density at radius 3 is 2.44 bits per heavy atom. The lowest BCUT2D eigenvalue weighted by molar-refractivity contribution is 0.414. The van der Waals surface area contributed by atoms with Crippen molar-refractivity contribution in [2.24, 2.45) is 0 Å². The van der Waals surface area contributed by atoms with Crippen molar-refractivity contribution in [3.8, 4) is 17.6 Å². The monoisotopic (exact) mass is 390 g/mol. The number of halogens is 3. The van der Waals surface area contributed by atoms with Crippen LogP contribution in [0.2, 0.25) is 0 Å². The highest BCUT2D eigenvalue weighted by Crippen LogP contribution is 2.36. The van der Waals surface area contributed by atoms with Gasteiger partial charge in [-0.3, -0.25) is 0 Å². The van der Waals surface area contributed by atoms with Gasteiger partial charge in [-0.05, 0) is 48.7 Å². The van der Waals surface area contributed by atoms with Crippen LogP contribution in [0.4, 0.5) is 0 Å². The number of aryl methyl sites for hydroxylation is 1. The number of rotatable bonds is 1. The lowest BCUT2D eigenvalue weighted by Gasteiger charge is -2.11. The van der Waals surface area contributed by atoms with E-state index >= 15 is 0 Å². The largest absolute Gasteiger partial charge is 0.497 e. The number of para-hydroxylation sites is 1. The van der Waals surface area contributed by atoms with Crippen LogP contribution in [-0.2, 0) is 3.79 Å². The first-order chi connectivity index (χ1) is 11.9. The maximum absolute atomic E-state index is 5.95. The number of ether oxygens (including phenoxy) is 1. The minimum absolute atomic E-state index is 0.104. The standard InChI is InChI=1S/C19H13Cl3N2O/c1-12-11-14(25-2)9-7-13(12)8-10-17-15-5-3-4-6-16(15)23-18(24-17)19(20,21)22/h3-7,9,11H,1-2H3. The summed E-state index contributed by atoms with van der Waals surface area (Å²) in [5, 5.41) is 0.805. The Morgan fingerprint density at radius 1 is 1.00 bits per heavy atom. The summed E-state index contributed by atoms with van der Waals surface area (Å²) in [5.41, 5.74) is 3.07. The molecule has 0 atom stereocenters. The van der Waals surface area contributed by atoms with Crippen molar-refractivity contribution in [2.75, 3.05) is 7.11 Å². The molecule has 0 saturated heterocycles. The van der Waals surface area contributed by atoms with Gasteiger partial charge in [0.25, 0.3) is 0 Å². The summed E-state index contributed by atoms with van der Waals surface area (Å²) < 4.78 is 3.50. The van der Waals surface area contributed by atoms with Gasteiger partial charge < -0.3 is 4.74 Å². The molecule has 0 unspecified atom stereocenters. The van der Waals surface area contributed by atoms with E-state index in [1.165, 1.54) is 0 Å². The van der Waals surface area contributed by atoms with Gasteiger partial charge in [0, 0.05) is 10.9 Å². The Bertz CT molecular complexity index is 1000. The highest BCUT2D eigenvalue weighted by Gasteiger charge is 2.27. The van der Waals surface area contributed by atoms with Crippen LogP contribution >= 0.6 is 34.8 Å². The minimum atomic E-state index is -1.71. The number of nitrogens with zero attached hydrogens (tertiary/aromatic N) is 2. The van der Waals surface area contributed by atoms with E-state index in [1.807, 2.05) is 49.4 Å². The third-order valence-electron chi connectivity index (χ3n) is 3.61. The molecule has 6 heteroatoms. The molecule has 0 aliphatic heterocycles. The first-order valence-corrected chi connectivity index (χ1v) is 8.52. The molecule has 2 aromatic carbocycles. The number of fused-ring (bicyclic) bond motifs is 1. The van der Waals surface area contributed by atoms with E-state index in [4.69, 9.17) is 39.5 Å². The average molecular weight is 392 g/mol. The molecule has 0 amide bonds. The smallest absolute Gasteiger partial charge is 0.250 e. The summed E-state index contributed by atoms with van der Waals surface area (Å²) in [6.07, 6.45) is 0. The van der Waals surface area contributed by atoms with Crippen LogP contribution in [0.3, 0.4) is 0 Å². The molecule has 0 radical (unpaired) electrons. The molecule has 0 spiro atoms. The maximum Gasteiger partial charge on any atom is 0.250 e. The van der Waals surface area contributed by atoms with Gasteiger partial charge in [0.05, 0.1) is 12.6 Å². The van der Waals surface area contributed by atoms with Crippen molar-refractivity contribution >= 4 is 45.7 Å². The van der Waals surface area contributed by atoms with Gasteiger partial charge in [0.15, 0.2) is 5.82 Å². The van der Waals surface area contributed by atoms with Gasteiger partial charge >= 0.3 is 0 Å². The molecule has 3 nitrogen and oxygen atoms in total. The number of aromatic nitrogens is 2. The molecular formula is C19H13Cl3N2O. The van der Waals surface area contributed by atoms with Gasteiger partial charge in [0.2, 0.25) is 3.79 Å². The Hall–Kier alpha value is -1.99. The highest BCUT2D eigenvalue weighted by molar-refractivity contribution is 6.66. The molecule has 0 fully saturated rings. The second kappa shape index (κ2) is 7.09. The van der Waals surface area contributed by atoms with Gasteiger partial charge in [0.1, 0.15) is 11.4 Å². The van der Waals surface area contributed by atoms with Crippen LogP contribution in [0.15, 0.2) is 42.5 Å². The van der Waals surface area contributed by atoms with E-state index < -0.39 is 3.79 Å². The van der Waals surface area contributed by atoms with Crippen molar-refractivity contribution in [3.05, 3.63) is 65.1 Å². The molecule has 3 rings (SSSR count). The molecule has 0 saturated carbocycles. The van der Waals surface area contributed by atoms with Crippen LogP contribution in [0.1, 0.15) is 22.6 Å². The number of alkyl halides is 3. The van der Waals surface area contributed by atoms with Gasteiger partial charge in [-0.25, -0.2) is 9.97 Å². The first-order valence-electron chi connectivity index (χ1n) is 7.39. The molecule has 3 aromatic rings. The number of benzene rings is 2. The van der Waals surface area contributed by atoms with E-state index in [9.17, 15) is 0 Å². The third kappa shape index (κ3) is 3.99. The fraction of sp³-hybridized carbons (Fsp3) is 0.158. The van der Waals surface area contributed by atoms with Gasteiger partial charge in [-0.15, -0.1) is 0 Å². The van der Waals surface area contributed by atoms with Crippen LogP contribution in [-0.4, -0.2) is 17.1 Å². The zero-order valence-electron chi connectivity index (χ0n) is 13.5. The van der Waals surface area contributed by atoms with E-state index in [-0.39, 0.29) is 5.82 Å². The maximum atomic E-state index is 5.95. The van der Waals surface area contributed by atoms with Gasteiger partial charge in [-0.1, -0.05) is 52.9 Å². The summed E-state index contributed by atoms with van der Waals surface area (Å²) in [5.74, 6) is 7.09. The summed E-state index contributed by atoms with van der Waals surface area (Å²) in [7, 11) is 1.63. The first kappa shape index (κ1) is 17.8. The predicted octanol–water partition coefficient (Wildman–Crippen LogP) is 5.17. The van der Waals surface area contributed by atoms with Crippen molar-refractivity contribution in [1.29, 1.82) is 0 Å². The molecule has 0 N–H and O–H groups in total. The molecule has 0 aliphatic rings. The molecule has 0 bridgehead atoms. The Labute approximate surface area is 160 Å². The number of hydrogen-bond acceptors (Lipinski definition) is 3. The van der Waals surface area contributed by atoms with Crippen LogP contribution in [0, 0.1) is 18.8 Å². The average Bonchev–Trinajstić information content (AvgIpc) is 2.59. The Kier molecular flexibility index (Phi) is 5.06. The Balaban J connectivity index is 2.13. The number of methoxy groups -OCH3 is 1. The molecule has 1 aromatic heterocycles. The highest BCUT2D eigenvalue weighted by atomic mass is 35.6. The zero-order chi connectivity index (χ0) is 18.0. The van der Waals surface area contributed by atoms with Crippen molar-refractivity contribution in [2.45, 2.75) is 10.7 Å². The molecule has 25 heavy (non-hydrogen) atoms. The van der Waals surface area contributed by atoms with Crippen molar-refractivity contribution in [3.63, 3.8) is 0 Å². The third-order valence-corrected chi connectivity index (χ3v) is 4.11. The second-order valence-corrected chi connectivity index (χ2v) is 7.62. The van der Waals surface area contributed by atoms with Gasteiger partial charge in [-0.2, -0.15) is 0 Å². The van der Waals surface area contributed by atoms with Crippen molar-refractivity contribution < 1.29 is 4.74 Å². The quantitative estimate of drug-likeness (QED) is 0.424. The molecular weight excluding hydrogens is 379 g/mol. The lowest BCUT2D eigenvalue weighted by atomic mass is 10.1. The summed E-state index contributed by atoms with van der Waals surface area (Å²) in [6.45, 7) is 1.97. The number of hydrogen-bond donors (Lipinski definition) is 0. The van der Waals surface area contributed by atoms with E-state index in [1.54, 1.807) is 7.11 Å². The summed E-state index contributed by atoms with van der Waals surface area (Å²) in [6, 6.07) is 13.2. The van der Waals surface area contributed by atoms with E-state index in [0.29, 0.717) is 11.2 Å². The SMILES string of the molecule is COc1ccc(C#Cc2nc(C(Cl)(Cl)Cl)nc3ccccc23)c(C)c1. The molecule has 126 valence electrons. The topological polar surface area (TPSA) is 35.0 Å². The van der Waals surface area contributed by atoms with Crippen molar-refractivity contribution in [1.82, 2.24) is 9.97 Å². The fourth-order valence-corrected chi connectivity index (χ4v) is 2.58. The lowest BCUT2D eigenvalue weighted by Crippen LogP contribution is -2.09. The summed E-state index contributed by atoms with van der Waals surface area (Å²) >= 11 is 17.9. The predicted molar refractivity (Wildman–Crippen MR) is 102 cm³/mol. The van der Waals surface area contributed by atoms with Crippen LogP contribution in [0.5, 0.6) is 5.75 Å². The van der Waals surface area contributed by atoms with Crippen LogP contribution in [0.25, 0.3) is 10.9 Å². The molecule has 0 aliphatic carbocycles. The fourth-order valence-electron chi connectivity index (χ4n) is 2.33. The molecule has 1 heterocycles. The van der Waals surface area contributed by atoms with Crippen LogP contribution < -0.4 is 4.74 Å². The minimum Gasteiger partial charge on any atom is -0.497 e. The normalized spacial score (nSPS) is 11.1.